The van der Waals surface area contributed by atoms with Crippen LogP contribution in [0.3, 0.4) is 0 Å². The summed E-state index contributed by atoms with van der Waals surface area (Å²) in [4.78, 5) is 15.0. The summed E-state index contributed by atoms with van der Waals surface area (Å²) in [7, 11) is 3.76. The predicted octanol–water partition coefficient (Wildman–Crippen LogP) is 2.71. The van der Waals surface area contributed by atoms with Gasteiger partial charge in [-0.2, -0.15) is 0 Å². The van der Waals surface area contributed by atoms with Crippen molar-refractivity contribution in [3.8, 4) is 0 Å². The number of carbonyl (C=O) groups excluding carboxylic acids is 1. The number of esters is 1. The number of rotatable bonds is 5. The number of methoxy groups -OCH3 is 1. The summed E-state index contributed by atoms with van der Waals surface area (Å²) in [5.74, 6) is -0.0827. The van der Waals surface area contributed by atoms with Crippen molar-refractivity contribution in [2.75, 3.05) is 14.2 Å². The summed E-state index contributed by atoms with van der Waals surface area (Å²) >= 11 is 0. The van der Waals surface area contributed by atoms with Gasteiger partial charge in [0.2, 0.25) is 0 Å². The minimum atomic E-state index is -0.487. The van der Waals surface area contributed by atoms with Crippen molar-refractivity contribution in [1.29, 1.82) is 0 Å². The van der Waals surface area contributed by atoms with Crippen molar-refractivity contribution in [2.45, 2.75) is 88.9 Å². The standard InChI is InChI=1S/C17H32N2O2/c1-13(2)18-17(16(20)21-4)11-7-10-15(12-17)19(3)14-8-5-6-9-14/h13-15,18H,5-12H2,1-4H3. The summed E-state index contributed by atoms with van der Waals surface area (Å²) < 4.78 is 5.13. The van der Waals surface area contributed by atoms with Crippen molar-refractivity contribution in [3.05, 3.63) is 0 Å². The molecule has 0 saturated heterocycles. The molecule has 0 aliphatic heterocycles. The van der Waals surface area contributed by atoms with E-state index in [-0.39, 0.29) is 5.97 Å². The van der Waals surface area contributed by atoms with E-state index in [0.717, 1.165) is 19.3 Å². The lowest BCUT2D eigenvalue weighted by atomic mass is 9.77. The van der Waals surface area contributed by atoms with Gasteiger partial charge in [-0.15, -0.1) is 0 Å². The summed E-state index contributed by atoms with van der Waals surface area (Å²) in [6, 6.07) is 1.49. The van der Waals surface area contributed by atoms with Crippen LogP contribution in [-0.4, -0.2) is 48.7 Å². The van der Waals surface area contributed by atoms with E-state index in [4.69, 9.17) is 4.74 Å². The molecule has 0 heterocycles. The number of nitrogens with zero attached hydrogens (tertiary/aromatic N) is 1. The average Bonchev–Trinajstić information content (AvgIpc) is 2.99. The second kappa shape index (κ2) is 7.10. The fourth-order valence-electron chi connectivity index (χ4n) is 4.33. The predicted molar refractivity (Wildman–Crippen MR) is 85.3 cm³/mol. The second-order valence-corrected chi connectivity index (χ2v) is 7.23. The maximum atomic E-state index is 12.4. The molecule has 2 rings (SSSR count). The van der Waals surface area contributed by atoms with Crippen molar-refractivity contribution in [3.63, 3.8) is 0 Å². The average molecular weight is 296 g/mol. The SMILES string of the molecule is COC(=O)C1(NC(C)C)CCCC(N(C)C2CCCC2)C1. The first-order valence-electron chi connectivity index (χ1n) is 8.56. The molecule has 0 aromatic heterocycles. The van der Waals surface area contributed by atoms with Gasteiger partial charge in [0.05, 0.1) is 7.11 Å². The summed E-state index contributed by atoms with van der Waals surface area (Å²) in [5, 5.41) is 3.52. The molecule has 2 aliphatic carbocycles. The van der Waals surface area contributed by atoms with E-state index in [2.05, 4.69) is 31.1 Å². The smallest absolute Gasteiger partial charge is 0.326 e. The zero-order valence-electron chi connectivity index (χ0n) is 14.2. The molecular weight excluding hydrogens is 264 g/mol. The van der Waals surface area contributed by atoms with Gasteiger partial charge in [0.15, 0.2) is 0 Å². The van der Waals surface area contributed by atoms with E-state index in [0.29, 0.717) is 18.1 Å². The van der Waals surface area contributed by atoms with Crippen LogP contribution in [0.2, 0.25) is 0 Å². The maximum Gasteiger partial charge on any atom is 0.326 e. The molecule has 122 valence electrons. The molecule has 4 nitrogen and oxygen atoms in total. The van der Waals surface area contributed by atoms with Crippen molar-refractivity contribution in [1.82, 2.24) is 10.2 Å². The Labute approximate surface area is 129 Å². The van der Waals surface area contributed by atoms with E-state index in [9.17, 15) is 4.79 Å². The normalized spacial score (nSPS) is 31.0. The van der Waals surface area contributed by atoms with Crippen LogP contribution in [0.1, 0.15) is 65.2 Å². The van der Waals surface area contributed by atoms with Crippen molar-refractivity contribution >= 4 is 5.97 Å². The fraction of sp³-hybridized carbons (Fsp3) is 0.941. The van der Waals surface area contributed by atoms with Crippen LogP contribution in [0.5, 0.6) is 0 Å². The number of hydrogen-bond donors (Lipinski definition) is 1. The van der Waals surface area contributed by atoms with Gasteiger partial charge in [0.1, 0.15) is 5.54 Å². The highest BCUT2D eigenvalue weighted by Gasteiger charge is 2.45. The Morgan fingerprint density at radius 1 is 1.19 bits per heavy atom. The molecule has 2 fully saturated rings. The third-order valence-electron chi connectivity index (χ3n) is 5.34. The van der Waals surface area contributed by atoms with Gasteiger partial charge in [0.25, 0.3) is 0 Å². The van der Waals surface area contributed by atoms with Gasteiger partial charge in [-0.05, 0) is 59.4 Å². The Balaban J connectivity index is 2.09. The second-order valence-electron chi connectivity index (χ2n) is 7.23. The molecule has 2 saturated carbocycles. The quantitative estimate of drug-likeness (QED) is 0.792. The monoisotopic (exact) mass is 296 g/mol. The van der Waals surface area contributed by atoms with Gasteiger partial charge >= 0.3 is 5.97 Å². The molecule has 0 bridgehead atoms. The lowest BCUT2D eigenvalue weighted by molar-refractivity contribution is -0.151. The third-order valence-corrected chi connectivity index (χ3v) is 5.34. The lowest BCUT2D eigenvalue weighted by Gasteiger charge is -2.45. The molecule has 0 radical (unpaired) electrons. The molecule has 1 N–H and O–H groups in total. The molecule has 0 aromatic carbocycles. The zero-order chi connectivity index (χ0) is 15.5. The third kappa shape index (κ3) is 3.78. The Morgan fingerprint density at radius 3 is 2.38 bits per heavy atom. The van der Waals surface area contributed by atoms with Crippen molar-refractivity contribution < 1.29 is 9.53 Å². The number of carbonyl (C=O) groups is 1. The molecule has 0 spiro atoms. The van der Waals surface area contributed by atoms with E-state index >= 15 is 0 Å². The van der Waals surface area contributed by atoms with Crippen LogP contribution in [0.15, 0.2) is 0 Å². The minimum absolute atomic E-state index is 0.0827. The fourth-order valence-corrected chi connectivity index (χ4v) is 4.33. The minimum Gasteiger partial charge on any atom is -0.468 e. The highest BCUT2D eigenvalue weighted by molar-refractivity contribution is 5.81. The first-order valence-corrected chi connectivity index (χ1v) is 8.56. The van der Waals surface area contributed by atoms with Gasteiger partial charge in [-0.25, -0.2) is 0 Å². The molecule has 0 amide bonds. The van der Waals surface area contributed by atoms with Crippen LogP contribution in [-0.2, 0) is 9.53 Å². The Morgan fingerprint density at radius 2 is 1.81 bits per heavy atom. The van der Waals surface area contributed by atoms with Crippen LogP contribution in [0.4, 0.5) is 0 Å². The van der Waals surface area contributed by atoms with Gasteiger partial charge < -0.3 is 9.64 Å². The zero-order valence-corrected chi connectivity index (χ0v) is 14.2. The summed E-state index contributed by atoms with van der Waals surface area (Å²) in [6.45, 7) is 4.21. The molecular formula is C17H32N2O2. The van der Waals surface area contributed by atoms with E-state index in [1.807, 2.05) is 0 Å². The Hall–Kier alpha value is -0.610. The van der Waals surface area contributed by atoms with E-state index in [1.54, 1.807) is 0 Å². The molecule has 21 heavy (non-hydrogen) atoms. The number of ether oxygens (including phenoxy) is 1. The highest BCUT2D eigenvalue weighted by Crippen LogP contribution is 2.35. The molecule has 2 aliphatic rings. The topological polar surface area (TPSA) is 41.6 Å². The molecule has 2 atom stereocenters. The summed E-state index contributed by atoms with van der Waals surface area (Å²) in [5.41, 5.74) is -0.487. The summed E-state index contributed by atoms with van der Waals surface area (Å²) in [6.07, 6.45) is 9.41. The van der Waals surface area contributed by atoms with Crippen LogP contribution in [0, 0.1) is 0 Å². The van der Waals surface area contributed by atoms with Gasteiger partial charge in [-0.3, -0.25) is 10.1 Å². The maximum absolute atomic E-state index is 12.4. The largest absolute Gasteiger partial charge is 0.468 e. The van der Waals surface area contributed by atoms with Crippen LogP contribution in [0.25, 0.3) is 0 Å². The van der Waals surface area contributed by atoms with E-state index in [1.165, 1.54) is 39.2 Å². The molecule has 0 aromatic rings. The first-order chi connectivity index (χ1) is 9.98. The highest BCUT2D eigenvalue weighted by atomic mass is 16.5. The molecule has 2 unspecified atom stereocenters. The Kier molecular flexibility index (Phi) is 5.67. The number of hydrogen-bond acceptors (Lipinski definition) is 4. The van der Waals surface area contributed by atoms with E-state index < -0.39 is 5.54 Å². The van der Waals surface area contributed by atoms with Crippen molar-refractivity contribution in [2.24, 2.45) is 0 Å². The number of nitrogens with one attached hydrogen (secondary N) is 1. The van der Waals surface area contributed by atoms with Crippen LogP contribution < -0.4 is 5.32 Å². The van der Waals surface area contributed by atoms with Crippen LogP contribution >= 0.6 is 0 Å². The van der Waals surface area contributed by atoms with Gasteiger partial charge in [-0.1, -0.05) is 12.8 Å². The first kappa shape index (κ1) is 16.8. The van der Waals surface area contributed by atoms with Gasteiger partial charge in [0, 0.05) is 18.1 Å². The molecule has 4 heteroatoms. The Bertz CT molecular complexity index is 353. The lowest BCUT2D eigenvalue weighted by Crippen LogP contribution is -2.60.